The maximum Gasteiger partial charge on any atom is 0.239 e. The molecule has 2 heterocycles. The van der Waals surface area contributed by atoms with Crippen molar-refractivity contribution in [2.45, 2.75) is 94.4 Å². The number of hydrogen-bond donors (Lipinski definition) is 1. The van der Waals surface area contributed by atoms with Crippen molar-refractivity contribution in [3.05, 3.63) is 142 Å². The van der Waals surface area contributed by atoms with E-state index in [4.69, 9.17) is 4.11 Å². The second-order valence-corrected chi connectivity index (χ2v) is 14.3. The summed E-state index contributed by atoms with van der Waals surface area (Å²) in [6.45, 7) is 17.7. The quantitative estimate of drug-likeness (QED) is 0.0844. The Bertz CT molecular complexity index is 2390. The molecule has 1 radical (unpaired) electrons. The molecule has 1 N–H and O–H groups in total. The Morgan fingerprint density at radius 1 is 0.696 bits per heavy atom. The number of halogens is 2. The molecule has 0 spiro atoms. The van der Waals surface area contributed by atoms with Crippen LogP contribution in [0.3, 0.4) is 0 Å². The third kappa shape index (κ3) is 12.7. The number of aromatic nitrogens is 2. The van der Waals surface area contributed by atoms with E-state index in [2.05, 4.69) is 72.3 Å². The molecule has 1 unspecified atom stereocenters. The Labute approximate surface area is 350 Å². The molecule has 0 aliphatic heterocycles. The first-order valence-corrected chi connectivity index (χ1v) is 18.9. The molecule has 4 nitrogen and oxygen atoms in total. The standard InChI is InChI=1S/2C18H16N.C13H22F2O2.Ir/c2*1-12-4-5-17-15(9-12)6-7-19-18(17)16-10-13(2)8-14(3)11-16;1-4-9(5-2)11(16)8-12(17)10(6-3)7-13(14)15;/h2*4-10H,1-3H3;8-10,13,17H,4-7H2,1-3H3;/q2*-1;;/b;;12-8-;/i6D,7D;7D;;. The Morgan fingerprint density at radius 2 is 1.18 bits per heavy atom. The maximum atomic E-state index is 12.2. The van der Waals surface area contributed by atoms with Crippen LogP contribution in [0, 0.1) is 65.5 Å². The third-order valence-electron chi connectivity index (χ3n) is 9.51. The summed E-state index contributed by atoms with van der Waals surface area (Å²) < 4.78 is 48.4. The zero-order valence-corrected chi connectivity index (χ0v) is 36.2. The number of rotatable bonds is 10. The minimum absolute atomic E-state index is 0. The fraction of sp³-hybridized carbons (Fsp3) is 0.327. The topological polar surface area (TPSA) is 63.1 Å². The molecular formula is C49H54F2IrN2O2-2. The van der Waals surface area contributed by atoms with Crippen LogP contribution in [-0.4, -0.2) is 27.3 Å². The molecule has 0 aliphatic rings. The number of pyridine rings is 2. The number of fused-ring (bicyclic) bond motifs is 2. The molecule has 6 rings (SSSR count). The number of benzene rings is 4. The van der Waals surface area contributed by atoms with Gasteiger partial charge < -0.3 is 15.1 Å². The number of ketones is 1. The van der Waals surface area contributed by atoms with Gasteiger partial charge >= 0.3 is 0 Å². The molecule has 0 bridgehead atoms. The number of hydrogen-bond acceptors (Lipinski definition) is 4. The molecular weight excluding hydrogens is 879 g/mol. The monoisotopic (exact) mass is 936 g/mol. The van der Waals surface area contributed by atoms with E-state index in [-0.39, 0.29) is 49.8 Å². The van der Waals surface area contributed by atoms with Crippen LogP contribution in [0.5, 0.6) is 0 Å². The van der Waals surface area contributed by atoms with Gasteiger partial charge in [-0.1, -0.05) is 96.0 Å². The van der Waals surface area contributed by atoms with Crippen molar-refractivity contribution in [1.82, 2.24) is 9.97 Å². The largest absolute Gasteiger partial charge is 0.512 e. The Hall–Kier alpha value is -4.58. The number of aryl methyl sites for hydroxylation is 6. The van der Waals surface area contributed by atoms with E-state index in [1.54, 1.807) is 6.92 Å². The van der Waals surface area contributed by atoms with Crippen LogP contribution >= 0.6 is 0 Å². The van der Waals surface area contributed by atoms with Crippen molar-refractivity contribution in [1.29, 1.82) is 0 Å². The number of carbonyl (C=O) groups excluding carboxylic acids is 1. The molecule has 7 heteroatoms. The number of aliphatic hydroxyl groups excluding tert-OH is 1. The summed E-state index contributed by atoms with van der Waals surface area (Å²) in [6, 6.07) is 29.1. The van der Waals surface area contributed by atoms with Crippen LogP contribution in [0.4, 0.5) is 8.78 Å². The van der Waals surface area contributed by atoms with Crippen molar-refractivity contribution >= 4 is 27.3 Å². The second kappa shape index (κ2) is 21.6. The van der Waals surface area contributed by atoms with Crippen molar-refractivity contribution in [2.24, 2.45) is 11.8 Å². The minimum Gasteiger partial charge on any atom is -0.512 e. The van der Waals surface area contributed by atoms with Gasteiger partial charge in [0.1, 0.15) is 0 Å². The van der Waals surface area contributed by atoms with Gasteiger partial charge in [-0.15, -0.1) is 69.8 Å². The summed E-state index contributed by atoms with van der Waals surface area (Å²) in [7, 11) is 0. The van der Waals surface area contributed by atoms with E-state index < -0.39 is 18.8 Å². The summed E-state index contributed by atoms with van der Waals surface area (Å²) in [6.07, 6.45) is 0.391. The third-order valence-corrected chi connectivity index (χ3v) is 9.51. The predicted molar refractivity (Wildman–Crippen MR) is 225 cm³/mol. The van der Waals surface area contributed by atoms with E-state index in [0.29, 0.717) is 25.4 Å². The Kier molecular flexibility index (Phi) is 15.9. The van der Waals surface area contributed by atoms with E-state index >= 15 is 0 Å². The number of allylic oxidation sites excluding steroid dienone is 2. The summed E-state index contributed by atoms with van der Waals surface area (Å²) in [5, 5.41) is 13.5. The van der Waals surface area contributed by atoms with E-state index in [1.165, 1.54) is 11.1 Å². The first-order chi connectivity index (χ1) is 27.4. The number of alkyl halides is 2. The Balaban J connectivity index is 0.000000236. The van der Waals surface area contributed by atoms with E-state index in [1.807, 2.05) is 71.9 Å². The van der Waals surface area contributed by atoms with Crippen molar-refractivity contribution in [3.63, 3.8) is 0 Å². The first-order valence-electron chi connectivity index (χ1n) is 20.4. The molecule has 297 valence electrons. The van der Waals surface area contributed by atoms with Crippen LogP contribution < -0.4 is 0 Å². The zero-order chi connectivity index (χ0) is 42.8. The fourth-order valence-corrected chi connectivity index (χ4v) is 6.66. The number of aliphatic hydroxyl groups is 1. The van der Waals surface area contributed by atoms with Crippen LogP contribution in [0.2, 0.25) is 0 Å². The predicted octanol–water partition coefficient (Wildman–Crippen LogP) is 13.4. The molecule has 0 saturated carbocycles. The second-order valence-electron chi connectivity index (χ2n) is 14.3. The normalized spacial score (nSPS) is 12.5. The molecule has 56 heavy (non-hydrogen) atoms. The van der Waals surface area contributed by atoms with Gasteiger partial charge in [-0.05, 0) is 78.2 Å². The van der Waals surface area contributed by atoms with Gasteiger partial charge in [0.15, 0.2) is 5.78 Å². The van der Waals surface area contributed by atoms with Gasteiger partial charge in [0.25, 0.3) is 0 Å². The van der Waals surface area contributed by atoms with Gasteiger partial charge in [0, 0.05) is 56.8 Å². The van der Waals surface area contributed by atoms with E-state index in [9.17, 15) is 18.7 Å². The van der Waals surface area contributed by atoms with Gasteiger partial charge in [0.2, 0.25) is 6.43 Å². The SMILES string of the molecule is CCC(CC)C(=O)/C=C(\O)C(CC)CC(F)F.[2H]c1cc2cc(C)ccc2c(-c2[c-]c(C)cc(C)c2)n1.[2H]c1nc(-c2[c-]c(C)cc(C)c2)c2ccc(C)cc2c1[2H].[Ir]. The molecule has 0 amide bonds. The van der Waals surface area contributed by atoms with Crippen molar-refractivity contribution in [2.75, 3.05) is 0 Å². The van der Waals surface area contributed by atoms with Gasteiger partial charge in [0.05, 0.1) is 9.87 Å². The number of carbonyl (C=O) groups is 1. The molecule has 0 fully saturated rings. The summed E-state index contributed by atoms with van der Waals surface area (Å²) in [4.78, 5) is 20.4. The van der Waals surface area contributed by atoms with Crippen LogP contribution in [-0.2, 0) is 24.9 Å². The molecule has 4 aromatic carbocycles. The van der Waals surface area contributed by atoms with Crippen molar-refractivity contribution < 1.29 is 42.9 Å². The van der Waals surface area contributed by atoms with Crippen molar-refractivity contribution in [3.8, 4) is 22.5 Å². The summed E-state index contributed by atoms with van der Waals surface area (Å²) in [5.41, 5.74) is 10.2. The maximum absolute atomic E-state index is 12.2. The smallest absolute Gasteiger partial charge is 0.239 e. The van der Waals surface area contributed by atoms with Crippen LogP contribution in [0.25, 0.3) is 44.1 Å². The summed E-state index contributed by atoms with van der Waals surface area (Å²) >= 11 is 0. The molecule has 0 aliphatic carbocycles. The first kappa shape index (κ1) is 41.1. The summed E-state index contributed by atoms with van der Waals surface area (Å²) in [5.74, 6) is -1.11. The molecule has 1 atom stereocenters. The van der Waals surface area contributed by atoms with Gasteiger partial charge in [-0.2, -0.15) is 0 Å². The minimum atomic E-state index is -2.46. The van der Waals surface area contributed by atoms with Crippen LogP contribution in [0.1, 0.15) is 83.9 Å². The van der Waals surface area contributed by atoms with Crippen LogP contribution in [0.15, 0.2) is 97.0 Å². The van der Waals surface area contributed by atoms with E-state index in [0.717, 1.165) is 72.4 Å². The fourth-order valence-electron chi connectivity index (χ4n) is 6.66. The zero-order valence-electron chi connectivity index (χ0n) is 36.8. The average molecular weight is 936 g/mol. The average Bonchev–Trinajstić information content (AvgIpc) is 3.15. The van der Waals surface area contributed by atoms with Gasteiger partial charge in [-0.3, -0.25) is 4.79 Å². The number of nitrogens with zero attached hydrogens (tertiary/aromatic N) is 2. The molecule has 6 aromatic rings. The van der Waals surface area contributed by atoms with Gasteiger partial charge in [-0.25, -0.2) is 8.78 Å². The molecule has 0 saturated heterocycles. The molecule has 2 aromatic heterocycles. The Morgan fingerprint density at radius 3 is 1.66 bits per heavy atom.